The first kappa shape index (κ1) is 22.6. The van der Waals surface area contributed by atoms with Gasteiger partial charge in [0.1, 0.15) is 11.9 Å². The van der Waals surface area contributed by atoms with Gasteiger partial charge in [-0.05, 0) is 55.8 Å². The van der Waals surface area contributed by atoms with Crippen molar-refractivity contribution in [3.63, 3.8) is 0 Å². The number of rotatable bonds is 4. The number of ether oxygens (including phenoxy) is 1. The number of fused-ring (bicyclic) bond motifs is 1. The van der Waals surface area contributed by atoms with Crippen LogP contribution in [0.1, 0.15) is 41.5 Å². The van der Waals surface area contributed by atoms with Crippen LogP contribution in [0.25, 0.3) is 11.0 Å². The Morgan fingerprint density at radius 2 is 1.56 bits per heavy atom. The molecule has 2 aromatic carbocycles. The number of para-hydroxylation sites is 2. The highest BCUT2D eigenvalue weighted by Gasteiger charge is 2.38. The van der Waals surface area contributed by atoms with Gasteiger partial charge in [-0.25, -0.2) is 4.98 Å². The van der Waals surface area contributed by atoms with Crippen LogP contribution in [0.2, 0.25) is 0 Å². The Hall–Kier alpha value is -2.59. The summed E-state index contributed by atoms with van der Waals surface area (Å²) in [6.45, 7) is 1.43. The number of likely N-dealkylation sites (tertiary alicyclic amines) is 1. The van der Waals surface area contributed by atoms with Crippen molar-refractivity contribution in [3.8, 4) is 0 Å². The van der Waals surface area contributed by atoms with E-state index in [9.17, 15) is 26.3 Å². The molecule has 0 amide bonds. The third kappa shape index (κ3) is 4.91. The molecular weight excluding hydrogens is 436 g/mol. The highest BCUT2D eigenvalue weighted by atomic mass is 19.4. The Balaban J connectivity index is 1.81. The third-order valence-electron chi connectivity index (χ3n) is 5.56. The van der Waals surface area contributed by atoms with E-state index < -0.39 is 29.6 Å². The smallest absolute Gasteiger partial charge is 0.362 e. The van der Waals surface area contributed by atoms with Crippen molar-refractivity contribution in [3.05, 3.63) is 65.0 Å². The van der Waals surface area contributed by atoms with E-state index >= 15 is 0 Å². The summed E-state index contributed by atoms with van der Waals surface area (Å²) in [5.41, 5.74) is -1.85. The normalized spacial score (nSPS) is 17.7. The van der Waals surface area contributed by atoms with Crippen LogP contribution < -0.4 is 0 Å². The Morgan fingerprint density at radius 1 is 0.969 bits per heavy atom. The molecule has 4 nitrogen and oxygen atoms in total. The lowest BCUT2D eigenvalue weighted by Crippen LogP contribution is -2.35. The van der Waals surface area contributed by atoms with E-state index in [-0.39, 0.29) is 23.6 Å². The van der Waals surface area contributed by atoms with E-state index in [1.807, 2.05) is 7.05 Å². The van der Waals surface area contributed by atoms with E-state index in [0.29, 0.717) is 49.1 Å². The molecule has 1 fully saturated rings. The topological polar surface area (TPSA) is 41.1 Å². The lowest BCUT2D eigenvalue weighted by molar-refractivity contribution is -0.143. The molecule has 0 bridgehead atoms. The Bertz CT molecular complexity index is 1020. The van der Waals surface area contributed by atoms with Gasteiger partial charge in [0.05, 0.1) is 28.3 Å². The number of nitrogens with zero attached hydrogens (tertiary/aromatic N) is 2. The van der Waals surface area contributed by atoms with E-state index in [1.54, 1.807) is 24.3 Å². The quantitative estimate of drug-likeness (QED) is 0.504. The largest absolute Gasteiger partial charge is 0.416 e. The molecule has 1 unspecified atom stereocenters. The van der Waals surface area contributed by atoms with Crippen molar-refractivity contribution >= 4 is 11.0 Å². The van der Waals surface area contributed by atoms with Crippen LogP contribution in [0.3, 0.4) is 0 Å². The predicted octanol–water partition coefficient (Wildman–Crippen LogP) is 5.80. The van der Waals surface area contributed by atoms with Gasteiger partial charge >= 0.3 is 12.4 Å². The molecule has 1 N–H and O–H groups in total. The highest BCUT2D eigenvalue weighted by Crippen LogP contribution is 2.39. The fraction of sp³-hybridized carbons (Fsp3) is 0.409. The third-order valence-corrected chi connectivity index (χ3v) is 5.56. The minimum absolute atomic E-state index is 0.120. The molecule has 10 heteroatoms. The van der Waals surface area contributed by atoms with Crippen LogP contribution in [0.15, 0.2) is 42.5 Å². The molecule has 1 aliphatic rings. The van der Waals surface area contributed by atoms with E-state index in [0.717, 1.165) is 0 Å². The summed E-state index contributed by atoms with van der Waals surface area (Å²) in [5.74, 6) is 0.164. The van der Waals surface area contributed by atoms with Crippen LogP contribution >= 0.6 is 0 Å². The molecule has 4 rings (SSSR count). The maximum atomic E-state index is 13.4. The molecule has 3 aromatic rings. The Kier molecular flexibility index (Phi) is 5.93. The second-order valence-electron chi connectivity index (χ2n) is 8.00. The lowest BCUT2D eigenvalue weighted by Gasteiger charge is -2.31. The maximum Gasteiger partial charge on any atom is 0.416 e. The van der Waals surface area contributed by atoms with Crippen LogP contribution in [0.5, 0.6) is 0 Å². The van der Waals surface area contributed by atoms with Crippen LogP contribution in [0, 0.1) is 0 Å². The highest BCUT2D eigenvalue weighted by molar-refractivity contribution is 5.74. The number of nitrogens with one attached hydrogen (secondary N) is 1. The van der Waals surface area contributed by atoms with Gasteiger partial charge in [-0.3, -0.25) is 0 Å². The minimum Gasteiger partial charge on any atom is -0.362 e. The molecule has 2 heterocycles. The lowest BCUT2D eigenvalue weighted by atomic mass is 9.99. The average molecular weight is 457 g/mol. The molecule has 1 atom stereocenters. The fourth-order valence-corrected chi connectivity index (χ4v) is 3.84. The summed E-state index contributed by atoms with van der Waals surface area (Å²) in [7, 11) is 1.94. The molecule has 0 radical (unpaired) electrons. The zero-order valence-electron chi connectivity index (χ0n) is 17.1. The van der Waals surface area contributed by atoms with Crippen molar-refractivity contribution in [1.29, 1.82) is 0 Å². The van der Waals surface area contributed by atoms with Gasteiger partial charge in [-0.2, -0.15) is 26.3 Å². The van der Waals surface area contributed by atoms with Gasteiger partial charge in [0, 0.05) is 13.1 Å². The van der Waals surface area contributed by atoms with Crippen molar-refractivity contribution in [2.24, 2.45) is 0 Å². The van der Waals surface area contributed by atoms with Gasteiger partial charge in [-0.15, -0.1) is 0 Å². The molecule has 1 saturated heterocycles. The Labute approximate surface area is 180 Å². The standard InChI is InChI=1S/C22H21F6N3O/c1-31-8-6-16(7-9-31)32-19(20-29-17-4-2-3-5-18(17)30-20)13-10-14(21(23,24)25)12-15(11-13)22(26,27)28/h2-5,10-12,16,19H,6-9H2,1H3,(H,29,30). The number of hydrogen-bond acceptors (Lipinski definition) is 3. The molecule has 172 valence electrons. The molecule has 0 spiro atoms. The number of alkyl halides is 6. The van der Waals surface area contributed by atoms with Crippen LogP contribution in [0.4, 0.5) is 26.3 Å². The first-order valence-electron chi connectivity index (χ1n) is 10.1. The molecular formula is C22H21F6N3O. The fourth-order valence-electron chi connectivity index (χ4n) is 3.84. The number of piperidine rings is 1. The van der Waals surface area contributed by atoms with E-state index in [1.165, 1.54) is 0 Å². The van der Waals surface area contributed by atoms with Gasteiger partial charge in [0.2, 0.25) is 0 Å². The summed E-state index contributed by atoms with van der Waals surface area (Å²) in [4.78, 5) is 9.49. The summed E-state index contributed by atoms with van der Waals surface area (Å²) in [5, 5.41) is 0. The maximum absolute atomic E-state index is 13.4. The van der Waals surface area contributed by atoms with E-state index in [2.05, 4.69) is 14.9 Å². The first-order chi connectivity index (χ1) is 15.0. The number of benzene rings is 2. The number of aromatic nitrogens is 2. The van der Waals surface area contributed by atoms with Crippen LogP contribution in [-0.4, -0.2) is 41.1 Å². The second kappa shape index (κ2) is 8.40. The summed E-state index contributed by atoms with van der Waals surface area (Å²) < 4.78 is 86.7. The summed E-state index contributed by atoms with van der Waals surface area (Å²) >= 11 is 0. The SMILES string of the molecule is CN1CCC(OC(c2cc(C(F)(F)F)cc(C(F)(F)F)c2)c2nc3ccccc3[nH]2)CC1. The Morgan fingerprint density at radius 3 is 2.12 bits per heavy atom. The molecule has 0 aliphatic carbocycles. The molecule has 1 aliphatic heterocycles. The zero-order chi connectivity index (χ0) is 23.1. The monoisotopic (exact) mass is 457 g/mol. The minimum atomic E-state index is -4.94. The van der Waals surface area contributed by atoms with Crippen molar-refractivity contribution in [2.75, 3.05) is 20.1 Å². The first-order valence-corrected chi connectivity index (χ1v) is 10.1. The van der Waals surface area contributed by atoms with Gasteiger partial charge in [0.25, 0.3) is 0 Å². The number of aromatic amines is 1. The number of hydrogen-bond donors (Lipinski definition) is 1. The molecule has 0 saturated carbocycles. The van der Waals surface area contributed by atoms with Crippen molar-refractivity contribution in [2.45, 2.75) is 37.4 Å². The number of halogens is 6. The number of imidazole rings is 1. The van der Waals surface area contributed by atoms with Gasteiger partial charge < -0.3 is 14.6 Å². The van der Waals surface area contributed by atoms with Crippen molar-refractivity contribution in [1.82, 2.24) is 14.9 Å². The summed E-state index contributed by atoms with van der Waals surface area (Å²) in [6.07, 6.45) is -10.2. The van der Waals surface area contributed by atoms with Crippen molar-refractivity contribution < 1.29 is 31.1 Å². The summed E-state index contributed by atoms with van der Waals surface area (Å²) in [6, 6.07) is 8.47. The predicted molar refractivity (Wildman–Crippen MR) is 106 cm³/mol. The second-order valence-corrected chi connectivity index (χ2v) is 8.00. The van der Waals surface area contributed by atoms with E-state index in [4.69, 9.17) is 4.74 Å². The number of H-pyrrole nitrogens is 1. The zero-order valence-corrected chi connectivity index (χ0v) is 17.1. The van der Waals surface area contributed by atoms with Gasteiger partial charge in [0.15, 0.2) is 0 Å². The molecule has 32 heavy (non-hydrogen) atoms. The average Bonchev–Trinajstić information content (AvgIpc) is 3.15. The molecule has 1 aromatic heterocycles. The van der Waals surface area contributed by atoms with Crippen LogP contribution in [-0.2, 0) is 17.1 Å². The van der Waals surface area contributed by atoms with Gasteiger partial charge in [-0.1, -0.05) is 12.1 Å².